The summed E-state index contributed by atoms with van der Waals surface area (Å²) in [5.41, 5.74) is 0.522. The quantitative estimate of drug-likeness (QED) is 0.358. The predicted octanol–water partition coefficient (Wildman–Crippen LogP) is 2.09. The highest BCUT2D eigenvalue weighted by Gasteiger charge is 2.18. The van der Waals surface area contributed by atoms with Gasteiger partial charge in [-0.3, -0.25) is 0 Å². The Morgan fingerprint density at radius 1 is 1.12 bits per heavy atom. The van der Waals surface area contributed by atoms with E-state index in [0.29, 0.717) is 14.9 Å². The van der Waals surface area contributed by atoms with Crippen LogP contribution in [0, 0.1) is 0 Å². The SMILES string of the molecule is Oc1cc(/C=C2\SC(=S)NC2=S)cc(O)c1O. The van der Waals surface area contributed by atoms with Crippen molar-refractivity contribution in [3.8, 4) is 17.2 Å². The van der Waals surface area contributed by atoms with E-state index >= 15 is 0 Å². The number of nitrogens with one attached hydrogen (secondary N) is 1. The van der Waals surface area contributed by atoms with Gasteiger partial charge in [-0.2, -0.15) is 0 Å². The minimum Gasteiger partial charge on any atom is -0.504 e. The van der Waals surface area contributed by atoms with Gasteiger partial charge in [0.2, 0.25) is 0 Å². The lowest BCUT2D eigenvalue weighted by Gasteiger charge is -2.03. The average Bonchev–Trinajstić information content (AvgIpc) is 2.54. The highest BCUT2D eigenvalue weighted by atomic mass is 32.2. The van der Waals surface area contributed by atoms with Crippen LogP contribution in [0.25, 0.3) is 6.08 Å². The van der Waals surface area contributed by atoms with E-state index in [-0.39, 0.29) is 11.5 Å². The molecule has 17 heavy (non-hydrogen) atoms. The van der Waals surface area contributed by atoms with Gasteiger partial charge in [-0.25, -0.2) is 0 Å². The smallest absolute Gasteiger partial charge is 0.200 e. The fourth-order valence-corrected chi connectivity index (χ4v) is 2.76. The average molecular weight is 285 g/mol. The minimum atomic E-state index is -0.539. The standard InChI is InChI=1S/C10H7NO3S3/c12-5-1-4(2-6(13)8(5)14)3-7-9(15)11-10(16)17-7/h1-3,12-14H,(H,11,15,16)/b7-3-. The molecule has 4 nitrogen and oxygen atoms in total. The van der Waals surface area contributed by atoms with Gasteiger partial charge in [-0.05, 0) is 23.8 Å². The van der Waals surface area contributed by atoms with Crippen molar-refractivity contribution in [3.63, 3.8) is 0 Å². The second-order valence-corrected chi connectivity index (χ2v) is 5.39. The first-order valence-corrected chi connectivity index (χ1v) is 6.10. The summed E-state index contributed by atoms with van der Waals surface area (Å²) in [6, 6.07) is 2.65. The topological polar surface area (TPSA) is 72.7 Å². The van der Waals surface area contributed by atoms with Gasteiger partial charge >= 0.3 is 0 Å². The third-order valence-corrected chi connectivity index (χ3v) is 3.66. The number of thioether (sulfide) groups is 1. The lowest BCUT2D eigenvalue weighted by atomic mass is 10.1. The van der Waals surface area contributed by atoms with Gasteiger partial charge in [0.1, 0.15) is 9.31 Å². The molecular formula is C10H7NO3S3. The molecule has 0 saturated carbocycles. The summed E-state index contributed by atoms with van der Waals surface area (Å²) in [5.74, 6) is -1.31. The Labute approximate surface area is 112 Å². The zero-order valence-corrected chi connectivity index (χ0v) is 10.7. The first-order valence-electron chi connectivity index (χ1n) is 4.47. The summed E-state index contributed by atoms with van der Waals surface area (Å²) in [5, 5.41) is 30.7. The monoisotopic (exact) mass is 285 g/mol. The van der Waals surface area contributed by atoms with Crippen molar-refractivity contribution < 1.29 is 15.3 Å². The lowest BCUT2D eigenvalue weighted by molar-refractivity contribution is 0.368. The summed E-state index contributed by atoms with van der Waals surface area (Å²) < 4.78 is 0.563. The van der Waals surface area contributed by atoms with Crippen LogP contribution >= 0.6 is 36.2 Å². The maximum Gasteiger partial charge on any atom is 0.200 e. The third kappa shape index (κ3) is 2.51. The van der Waals surface area contributed by atoms with E-state index in [4.69, 9.17) is 24.4 Å². The predicted molar refractivity (Wildman–Crippen MR) is 75.3 cm³/mol. The molecule has 88 valence electrons. The summed E-state index contributed by atoms with van der Waals surface area (Å²) in [6.07, 6.45) is 1.66. The number of hydrogen-bond donors (Lipinski definition) is 4. The highest BCUT2D eigenvalue weighted by Crippen LogP contribution is 2.37. The van der Waals surface area contributed by atoms with Crippen LogP contribution in [0.4, 0.5) is 0 Å². The molecule has 1 aromatic rings. The molecule has 7 heteroatoms. The van der Waals surface area contributed by atoms with Crippen molar-refractivity contribution in [2.45, 2.75) is 0 Å². The Morgan fingerprint density at radius 3 is 2.18 bits per heavy atom. The second kappa shape index (κ2) is 4.52. The van der Waals surface area contributed by atoms with Crippen LogP contribution in [-0.2, 0) is 0 Å². The molecule has 1 fully saturated rings. The van der Waals surface area contributed by atoms with Crippen molar-refractivity contribution in [1.82, 2.24) is 5.32 Å². The summed E-state index contributed by atoms with van der Waals surface area (Å²) in [4.78, 5) is 1.24. The molecule has 0 amide bonds. The Morgan fingerprint density at radius 2 is 1.71 bits per heavy atom. The molecular weight excluding hydrogens is 278 g/mol. The van der Waals surface area contributed by atoms with Gasteiger partial charge < -0.3 is 20.6 Å². The van der Waals surface area contributed by atoms with Crippen molar-refractivity contribution in [2.75, 3.05) is 0 Å². The molecule has 1 aliphatic heterocycles. The molecule has 0 radical (unpaired) electrons. The molecule has 0 spiro atoms. The molecule has 0 aliphatic carbocycles. The second-order valence-electron chi connectivity index (χ2n) is 3.26. The van der Waals surface area contributed by atoms with Crippen LogP contribution in [0.5, 0.6) is 17.2 Å². The van der Waals surface area contributed by atoms with E-state index in [9.17, 15) is 15.3 Å². The van der Waals surface area contributed by atoms with Crippen molar-refractivity contribution >= 4 is 51.6 Å². The number of phenolic OH excluding ortho intramolecular Hbond substituents is 3. The number of aromatic hydroxyl groups is 3. The molecule has 2 rings (SSSR count). The van der Waals surface area contributed by atoms with Gasteiger partial charge in [-0.15, -0.1) is 0 Å². The molecule has 0 unspecified atom stereocenters. The number of benzene rings is 1. The van der Waals surface area contributed by atoms with E-state index in [0.717, 1.165) is 4.91 Å². The minimum absolute atomic E-state index is 0.388. The molecule has 4 N–H and O–H groups in total. The first-order chi connectivity index (χ1) is 7.97. The Bertz CT molecular complexity index is 531. The summed E-state index contributed by atoms with van der Waals surface area (Å²) in [6.45, 7) is 0. The summed E-state index contributed by atoms with van der Waals surface area (Å²) in [7, 11) is 0. The van der Waals surface area contributed by atoms with Crippen molar-refractivity contribution in [3.05, 3.63) is 22.6 Å². The molecule has 0 bridgehead atoms. The van der Waals surface area contributed by atoms with Gasteiger partial charge in [0.15, 0.2) is 17.2 Å². The van der Waals surface area contributed by atoms with Crippen molar-refractivity contribution in [2.24, 2.45) is 0 Å². The van der Waals surface area contributed by atoms with Gasteiger partial charge in [0.05, 0.1) is 0 Å². The van der Waals surface area contributed by atoms with E-state index in [2.05, 4.69) is 5.32 Å². The number of phenols is 3. The van der Waals surface area contributed by atoms with Crippen molar-refractivity contribution in [1.29, 1.82) is 0 Å². The first kappa shape index (κ1) is 12.2. The fraction of sp³-hybridized carbons (Fsp3) is 0. The van der Waals surface area contributed by atoms with Crippen LogP contribution in [0.2, 0.25) is 0 Å². The Hall–Kier alpha value is -1.31. The Kier molecular flexibility index (Phi) is 3.23. The maximum atomic E-state index is 9.35. The van der Waals surface area contributed by atoms with E-state index in [1.165, 1.54) is 23.9 Å². The van der Waals surface area contributed by atoms with Crippen LogP contribution in [0.15, 0.2) is 17.0 Å². The zero-order chi connectivity index (χ0) is 12.6. The largest absolute Gasteiger partial charge is 0.504 e. The molecule has 0 atom stereocenters. The normalized spacial score (nSPS) is 17.5. The third-order valence-electron chi connectivity index (χ3n) is 2.03. The lowest BCUT2D eigenvalue weighted by Crippen LogP contribution is -2.15. The molecule has 1 aromatic carbocycles. The van der Waals surface area contributed by atoms with Crippen LogP contribution in [-0.4, -0.2) is 24.6 Å². The Balaban J connectivity index is 2.40. The zero-order valence-electron chi connectivity index (χ0n) is 8.30. The van der Waals surface area contributed by atoms with Crippen LogP contribution in [0.1, 0.15) is 5.56 Å². The molecule has 0 aromatic heterocycles. The molecule has 1 aliphatic rings. The van der Waals surface area contributed by atoms with Gasteiger partial charge in [0, 0.05) is 4.91 Å². The number of hydrogen-bond acceptors (Lipinski definition) is 6. The van der Waals surface area contributed by atoms with E-state index in [1.807, 2.05) is 0 Å². The fourth-order valence-electron chi connectivity index (χ4n) is 1.28. The van der Waals surface area contributed by atoms with Gasteiger partial charge in [-0.1, -0.05) is 36.2 Å². The van der Waals surface area contributed by atoms with E-state index in [1.54, 1.807) is 6.08 Å². The maximum absolute atomic E-state index is 9.35. The summed E-state index contributed by atoms with van der Waals surface area (Å²) >= 11 is 11.3. The van der Waals surface area contributed by atoms with Gasteiger partial charge in [0.25, 0.3) is 0 Å². The van der Waals surface area contributed by atoms with Crippen LogP contribution in [0.3, 0.4) is 0 Å². The van der Waals surface area contributed by atoms with Crippen LogP contribution < -0.4 is 5.32 Å². The highest BCUT2D eigenvalue weighted by molar-refractivity contribution is 8.27. The number of thiocarbonyl (C=S) groups is 2. The number of rotatable bonds is 1. The molecule has 1 heterocycles. The molecule has 1 saturated heterocycles. The van der Waals surface area contributed by atoms with E-state index < -0.39 is 5.75 Å².